The number of unbranched alkanes of at least 4 members (excludes halogenated alkanes) is 30. The molecule has 0 aromatic heterocycles. The van der Waals surface area contributed by atoms with Gasteiger partial charge in [-0.25, -0.2) is 0 Å². The zero-order valence-electron chi connectivity index (χ0n) is 37.9. The Morgan fingerprint density at radius 1 is 0.561 bits per heavy atom. The van der Waals surface area contributed by atoms with Gasteiger partial charge in [0.15, 0.2) is 0 Å². The molecule has 0 bridgehead atoms. The van der Waals surface area contributed by atoms with Crippen molar-refractivity contribution in [2.45, 2.75) is 264 Å². The topological polar surface area (TPSA) is 79.2 Å². The highest BCUT2D eigenvalue weighted by atomic mass is 16.5. The van der Waals surface area contributed by atoms with Crippen LogP contribution in [-0.2, 0) is 14.3 Å². The number of aliphatic imine (C=N–C) groups is 1. The Balaban J connectivity index is 1.84. The lowest BCUT2D eigenvalue weighted by Gasteiger charge is -2.25. The molecule has 1 rings (SSSR count). The standard InChI is InChI=1S/C51H94N2O4/c1-3-4-5-6-7-8-26-31-36-41-46-57-51(56)44-39-34-29-24-20-16-10-9-13-17-21-25-30-35-40-45-53-48(2)47-52-49(53)42-37-32-27-22-18-14-11-12-15-19-23-28-33-38-43-50(54)55/h9-12,48H,3-8,13-47H2,1-2H3,(H,54,55). The highest BCUT2D eigenvalue weighted by molar-refractivity contribution is 5.84. The number of carbonyl (C=O) groups excluding carboxylic acids is 1. The molecule has 57 heavy (non-hydrogen) atoms. The van der Waals surface area contributed by atoms with E-state index in [9.17, 15) is 9.59 Å². The molecule has 0 aromatic rings. The highest BCUT2D eigenvalue weighted by Gasteiger charge is 2.22. The third-order valence-electron chi connectivity index (χ3n) is 11.8. The Kier molecular flexibility index (Phi) is 39.0. The Morgan fingerprint density at radius 2 is 0.965 bits per heavy atom. The minimum absolute atomic E-state index is 0.00624. The largest absolute Gasteiger partial charge is 0.481 e. The quantitative estimate of drug-likeness (QED) is 0.0377. The molecule has 1 aliphatic rings. The van der Waals surface area contributed by atoms with Gasteiger partial charge in [0.25, 0.3) is 0 Å². The van der Waals surface area contributed by atoms with Gasteiger partial charge in [0.05, 0.1) is 19.0 Å². The molecule has 0 fully saturated rings. The summed E-state index contributed by atoms with van der Waals surface area (Å²) in [5.41, 5.74) is 0. The number of carbonyl (C=O) groups is 2. The Hall–Kier alpha value is -2.11. The lowest BCUT2D eigenvalue weighted by Crippen LogP contribution is -2.35. The van der Waals surface area contributed by atoms with E-state index in [1.807, 2.05) is 0 Å². The average molecular weight is 799 g/mol. The van der Waals surface area contributed by atoms with E-state index in [1.165, 1.54) is 199 Å². The van der Waals surface area contributed by atoms with Gasteiger partial charge in [-0.1, -0.05) is 172 Å². The summed E-state index contributed by atoms with van der Waals surface area (Å²) in [6.45, 7) is 7.40. The van der Waals surface area contributed by atoms with Crippen LogP contribution in [0.4, 0.5) is 0 Å². The first-order valence-corrected chi connectivity index (χ1v) is 25.0. The molecular formula is C51H94N2O4. The maximum Gasteiger partial charge on any atom is 0.305 e. The third-order valence-corrected chi connectivity index (χ3v) is 11.8. The van der Waals surface area contributed by atoms with Crippen LogP contribution in [0.15, 0.2) is 29.3 Å². The van der Waals surface area contributed by atoms with E-state index < -0.39 is 5.97 Å². The average Bonchev–Trinajstić information content (AvgIpc) is 3.55. The maximum absolute atomic E-state index is 12.0. The van der Waals surface area contributed by atoms with Crippen molar-refractivity contribution >= 4 is 17.8 Å². The molecule has 0 aliphatic carbocycles. The lowest BCUT2D eigenvalue weighted by atomic mass is 10.1. The van der Waals surface area contributed by atoms with Crippen LogP contribution in [0.5, 0.6) is 0 Å². The third kappa shape index (κ3) is 36.7. The summed E-state index contributed by atoms with van der Waals surface area (Å²) in [5.74, 6) is 0.718. The molecule has 0 aromatic carbocycles. The minimum Gasteiger partial charge on any atom is -0.481 e. The summed E-state index contributed by atoms with van der Waals surface area (Å²) in [7, 11) is 0. The predicted molar refractivity (Wildman–Crippen MR) is 246 cm³/mol. The summed E-state index contributed by atoms with van der Waals surface area (Å²) < 4.78 is 5.44. The molecule has 6 heteroatoms. The van der Waals surface area contributed by atoms with Gasteiger partial charge in [-0.05, 0) is 90.4 Å². The number of nitrogens with zero attached hydrogens (tertiary/aromatic N) is 2. The van der Waals surface area contributed by atoms with Crippen LogP contribution in [0.3, 0.4) is 0 Å². The van der Waals surface area contributed by atoms with E-state index in [2.05, 4.69) is 43.1 Å². The summed E-state index contributed by atoms with van der Waals surface area (Å²) >= 11 is 0. The minimum atomic E-state index is -0.669. The zero-order chi connectivity index (χ0) is 41.1. The molecule has 0 radical (unpaired) electrons. The van der Waals surface area contributed by atoms with Crippen molar-refractivity contribution in [1.29, 1.82) is 0 Å². The number of ether oxygens (including phenoxy) is 1. The van der Waals surface area contributed by atoms with Crippen molar-refractivity contribution in [1.82, 2.24) is 4.90 Å². The van der Waals surface area contributed by atoms with Gasteiger partial charge in [-0.15, -0.1) is 0 Å². The number of esters is 1. The van der Waals surface area contributed by atoms with Crippen LogP contribution in [0.25, 0.3) is 0 Å². The van der Waals surface area contributed by atoms with Gasteiger partial charge in [-0.3, -0.25) is 14.6 Å². The second-order valence-corrected chi connectivity index (χ2v) is 17.4. The molecule has 0 saturated carbocycles. The first-order valence-electron chi connectivity index (χ1n) is 25.0. The fraction of sp³-hybridized carbons (Fsp3) is 0.863. The molecule has 0 saturated heterocycles. The number of hydrogen-bond acceptors (Lipinski definition) is 5. The zero-order valence-corrected chi connectivity index (χ0v) is 37.9. The molecule has 6 nitrogen and oxygen atoms in total. The Bertz CT molecular complexity index is 992. The number of aliphatic carboxylic acids is 1. The van der Waals surface area contributed by atoms with Crippen molar-refractivity contribution in [3.05, 3.63) is 24.3 Å². The van der Waals surface area contributed by atoms with Gasteiger partial charge < -0.3 is 14.7 Å². The molecular weight excluding hydrogens is 705 g/mol. The second kappa shape index (κ2) is 42.0. The summed E-state index contributed by atoms with van der Waals surface area (Å²) in [6.07, 6.45) is 55.4. The molecule has 0 amide bonds. The number of carboxylic acid groups (broad SMARTS) is 1. The van der Waals surface area contributed by atoms with E-state index in [0.717, 1.165) is 51.5 Å². The first-order chi connectivity index (χ1) is 28.0. The van der Waals surface area contributed by atoms with E-state index in [-0.39, 0.29) is 5.97 Å². The molecule has 1 unspecified atom stereocenters. The van der Waals surface area contributed by atoms with Crippen LogP contribution in [0.1, 0.15) is 258 Å². The predicted octanol–water partition coefficient (Wildman–Crippen LogP) is 15.7. The van der Waals surface area contributed by atoms with Crippen molar-refractivity contribution in [3.8, 4) is 0 Å². The monoisotopic (exact) mass is 799 g/mol. The van der Waals surface area contributed by atoms with E-state index in [1.54, 1.807) is 0 Å². The van der Waals surface area contributed by atoms with E-state index in [4.69, 9.17) is 14.8 Å². The van der Waals surface area contributed by atoms with E-state index in [0.29, 0.717) is 25.5 Å². The molecule has 1 heterocycles. The number of allylic oxidation sites excluding steroid dienone is 4. The van der Waals surface area contributed by atoms with E-state index >= 15 is 0 Å². The Labute approximate surface area is 353 Å². The number of amidine groups is 1. The fourth-order valence-corrected chi connectivity index (χ4v) is 8.03. The number of rotatable bonds is 44. The summed E-state index contributed by atoms with van der Waals surface area (Å²) in [4.78, 5) is 30.1. The fourth-order valence-electron chi connectivity index (χ4n) is 8.03. The lowest BCUT2D eigenvalue weighted by molar-refractivity contribution is -0.144. The van der Waals surface area contributed by atoms with Crippen molar-refractivity contribution in [2.75, 3.05) is 19.7 Å². The molecule has 0 spiro atoms. The van der Waals surface area contributed by atoms with Crippen LogP contribution in [0.2, 0.25) is 0 Å². The SMILES string of the molecule is CCCCCCCCCCCCOC(=O)CCCCCCCC=CCCCCCCCCN1C(CCCCCCCC=CCCCCCCCC(=O)O)=NCC1C. The molecule has 332 valence electrons. The molecule has 1 aliphatic heterocycles. The number of carboxylic acids is 1. The molecule has 1 atom stereocenters. The van der Waals surface area contributed by atoms with Crippen molar-refractivity contribution < 1.29 is 19.4 Å². The van der Waals surface area contributed by atoms with Crippen LogP contribution >= 0.6 is 0 Å². The van der Waals surface area contributed by atoms with Crippen molar-refractivity contribution in [2.24, 2.45) is 4.99 Å². The summed E-state index contributed by atoms with van der Waals surface area (Å²) in [6, 6.07) is 0.579. The van der Waals surface area contributed by atoms with Gasteiger partial charge in [0.2, 0.25) is 0 Å². The van der Waals surface area contributed by atoms with Gasteiger partial charge >= 0.3 is 11.9 Å². The second-order valence-electron chi connectivity index (χ2n) is 17.4. The Morgan fingerprint density at radius 3 is 1.46 bits per heavy atom. The summed E-state index contributed by atoms with van der Waals surface area (Å²) in [5, 5.41) is 8.68. The van der Waals surface area contributed by atoms with Crippen LogP contribution in [0, 0.1) is 0 Å². The van der Waals surface area contributed by atoms with Gasteiger partial charge in [-0.2, -0.15) is 0 Å². The van der Waals surface area contributed by atoms with Crippen LogP contribution < -0.4 is 0 Å². The number of hydrogen-bond donors (Lipinski definition) is 1. The normalized spacial score (nSPS) is 14.4. The van der Waals surface area contributed by atoms with Gasteiger partial charge in [0, 0.05) is 31.8 Å². The van der Waals surface area contributed by atoms with Gasteiger partial charge in [0.1, 0.15) is 0 Å². The molecule has 1 N–H and O–H groups in total. The first kappa shape index (κ1) is 52.9. The van der Waals surface area contributed by atoms with Crippen molar-refractivity contribution in [3.63, 3.8) is 0 Å². The maximum atomic E-state index is 12.0. The highest BCUT2D eigenvalue weighted by Crippen LogP contribution is 2.19. The van der Waals surface area contributed by atoms with Crippen LogP contribution in [-0.4, -0.2) is 53.5 Å². The smallest absolute Gasteiger partial charge is 0.305 e.